The smallest absolute Gasteiger partial charge is 0.0620 e. The summed E-state index contributed by atoms with van der Waals surface area (Å²) in [7, 11) is 0. The van der Waals surface area contributed by atoms with Crippen molar-refractivity contribution >= 4 is 0 Å². The van der Waals surface area contributed by atoms with Crippen molar-refractivity contribution in [3.63, 3.8) is 0 Å². The predicted molar refractivity (Wildman–Crippen MR) is 59.7 cm³/mol. The molecule has 0 aliphatic carbocycles. The topological polar surface area (TPSA) is 34.2 Å². The number of rotatable bonds is 4. The molecule has 1 unspecified atom stereocenters. The van der Waals surface area contributed by atoms with Crippen LogP contribution < -0.4 is 5.32 Å². The lowest BCUT2D eigenvalue weighted by Gasteiger charge is -2.11. The maximum Gasteiger partial charge on any atom is 0.0620 e. The van der Waals surface area contributed by atoms with E-state index in [-0.39, 0.29) is 0 Å². The van der Waals surface area contributed by atoms with Gasteiger partial charge in [0.1, 0.15) is 0 Å². The fourth-order valence-corrected chi connectivity index (χ4v) is 1.89. The summed E-state index contributed by atoms with van der Waals surface area (Å²) < 4.78 is 5.32. The first kappa shape index (κ1) is 10.6. The molecule has 0 spiro atoms. The molecule has 0 amide bonds. The maximum atomic E-state index is 5.32. The van der Waals surface area contributed by atoms with Crippen molar-refractivity contribution in [3.05, 3.63) is 29.6 Å². The number of hydrogen-bond acceptors (Lipinski definition) is 3. The Morgan fingerprint density at radius 2 is 2.53 bits per heavy atom. The Hall–Kier alpha value is -0.930. The molecule has 82 valence electrons. The van der Waals surface area contributed by atoms with Crippen LogP contribution in [0.25, 0.3) is 0 Å². The Labute approximate surface area is 90.9 Å². The summed E-state index contributed by atoms with van der Waals surface area (Å²) in [6, 6.07) is 4.66. The number of aryl methyl sites for hydroxylation is 1. The van der Waals surface area contributed by atoms with Gasteiger partial charge < -0.3 is 10.1 Å². The minimum Gasteiger partial charge on any atom is -0.380 e. The van der Waals surface area contributed by atoms with Crippen molar-refractivity contribution in [2.24, 2.45) is 0 Å². The molecule has 1 fully saturated rings. The van der Waals surface area contributed by atoms with E-state index in [4.69, 9.17) is 4.74 Å². The van der Waals surface area contributed by atoms with E-state index in [1.807, 2.05) is 12.3 Å². The summed E-state index contributed by atoms with van der Waals surface area (Å²) in [4.78, 5) is 4.41. The van der Waals surface area contributed by atoms with Gasteiger partial charge in [-0.25, -0.2) is 0 Å². The zero-order chi connectivity index (χ0) is 10.5. The molecule has 1 atom stereocenters. The van der Waals surface area contributed by atoms with Gasteiger partial charge in [0, 0.05) is 25.4 Å². The minimum absolute atomic E-state index is 0.511. The molecule has 3 nitrogen and oxygen atoms in total. The van der Waals surface area contributed by atoms with Crippen molar-refractivity contribution in [3.8, 4) is 0 Å². The van der Waals surface area contributed by atoms with Crippen LogP contribution in [0.2, 0.25) is 0 Å². The Bertz CT molecular complexity index is 308. The van der Waals surface area contributed by atoms with Crippen LogP contribution in [-0.4, -0.2) is 24.2 Å². The van der Waals surface area contributed by atoms with Crippen molar-refractivity contribution in [2.45, 2.75) is 32.4 Å². The molecule has 1 aliphatic heterocycles. The van der Waals surface area contributed by atoms with Crippen molar-refractivity contribution in [2.75, 3.05) is 13.2 Å². The Balaban J connectivity index is 1.91. The van der Waals surface area contributed by atoms with Crippen molar-refractivity contribution < 1.29 is 4.74 Å². The molecule has 15 heavy (non-hydrogen) atoms. The highest BCUT2D eigenvalue weighted by atomic mass is 16.5. The molecule has 0 saturated carbocycles. The van der Waals surface area contributed by atoms with E-state index < -0.39 is 0 Å². The van der Waals surface area contributed by atoms with Gasteiger partial charge >= 0.3 is 0 Å². The van der Waals surface area contributed by atoms with E-state index in [0.717, 1.165) is 32.6 Å². The lowest BCUT2D eigenvalue weighted by molar-refractivity contribution is 0.189. The average molecular weight is 206 g/mol. The molecular weight excluding hydrogens is 188 g/mol. The molecule has 1 aliphatic rings. The summed E-state index contributed by atoms with van der Waals surface area (Å²) >= 11 is 0. The van der Waals surface area contributed by atoms with Crippen LogP contribution in [0, 0.1) is 0 Å². The van der Waals surface area contributed by atoms with Crippen molar-refractivity contribution in [1.82, 2.24) is 10.3 Å². The summed E-state index contributed by atoms with van der Waals surface area (Å²) in [6.45, 7) is 4.76. The molecule has 1 saturated heterocycles. The standard InChI is InChI=1S/C12H18N2O/c1-2-10-4-3-6-13-12(10)8-14-11-5-7-15-9-11/h3-4,6,11,14H,2,5,7-9H2,1H3. The fraction of sp³-hybridized carbons (Fsp3) is 0.583. The number of aromatic nitrogens is 1. The van der Waals surface area contributed by atoms with E-state index in [0.29, 0.717) is 6.04 Å². The van der Waals surface area contributed by atoms with Gasteiger partial charge in [-0.05, 0) is 24.5 Å². The lowest BCUT2D eigenvalue weighted by atomic mass is 10.1. The highest BCUT2D eigenvalue weighted by Gasteiger charge is 2.15. The van der Waals surface area contributed by atoms with Gasteiger partial charge in [-0.15, -0.1) is 0 Å². The molecule has 2 rings (SSSR count). The first-order valence-corrected chi connectivity index (χ1v) is 5.64. The predicted octanol–water partition coefficient (Wildman–Crippen LogP) is 1.52. The van der Waals surface area contributed by atoms with Crippen molar-refractivity contribution in [1.29, 1.82) is 0 Å². The highest BCUT2D eigenvalue weighted by Crippen LogP contribution is 2.08. The first-order chi connectivity index (χ1) is 7.40. The number of ether oxygens (including phenoxy) is 1. The molecule has 1 aromatic heterocycles. The Morgan fingerprint density at radius 3 is 3.27 bits per heavy atom. The lowest BCUT2D eigenvalue weighted by Crippen LogP contribution is -2.29. The summed E-state index contributed by atoms with van der Waals surface area (Å²) in [6.07, 6.45) is 4.03. The molecule has 2 heterocycles. The number of pyridine rings is 1. The summed E-state index contributed by atoms with van der Waals surface area (Å²) in [5.41, 5.74) is 2.51. The Kier molecular flexibility index (Phi) is 3.69. The minimum atomic E-state index is 0.511. The zero-order valence-corrected chi connectivity index (χ0v) is 9.20. The second-order valence-corrected chi connectivity index (χ2v) is 3.90. The third-order valence-electron chi connectivity index (χ3n) is 2.85. The van der Waals surface area contributed by atoms with Gasteiger partial charge in [0.2, 0.25) is 0 Å². The molecule has 0 aromatic carbocycles. The number of hydrogen-bond donors (Lipinski definition) is 1. The van der Waals surface area contributed by atoms with Crippen LogP contribution in [0.5, 0.6) is 0 Å². The maximum absolute atomic E-state index is 5.32. The van der Waals surface area contributed by atoms with Crippen LogP contribution in [-0.2, 0) is 17.7 Å². The second kappa shape index (κ2) is 5.24. The average Bonchev–Trinajstić information content (AvgIpc) is 2.79. The van der Waals surface area contributed by atoms with Gasteiger partial charge in [-0.2, -0.15) is 0 Å². The van der Waals surface area contributed by atoms with Crippen LogP contribution in [0.15, 0.2) is 18.3 Å². The van der Waals surface area contributed by atoms with Gasteiger partial charge in [0.05, 0.1) is 12.3 Å². The van der Waals surface area contributed by atoms with Gasteiger partial charge in [-0.1, -0.05) is 13.0 Å². The monoisotopic (exact) mass is 206 g/mol. The highest BCUT2D eigenvalue weighted by molar-refractivity contribution is 5.19. The van der Waals surface area contributed by atoms with Crippen LogP contribution in [0.4, 0.5) is 0 Å². The van der Waals surface area contributed by atoms with Crippen LogP contribution >= 0.6 is 0 Å². The van der Waals surface area contributed by atoms with E-state index in [9.17, 15) is 0 Å². The normalized spacial score (nSPS) is 20.7. The van der Waals surface area contributed by atoms with E-state index >= 15 is 0 Å². The second-order valence-electron chi connectivity index (χ2n) is 3.90. The molecule has 1 N–H and O–H groups in total. The molecule has 0 bridgehead atoms. The molecule has 3 heteroatoms. The van der Waals surface area contributed by atoms with Gasteiger partial charge in [0.15, 0.2) is 0 Å². The number of nitrogens with one attached hydrogen (secondary N) is 1. The number of nitrogens with zero attached hydrogens (tertiary/aromatic N) is 1. The van der Waals surface area contributed by atoms with Gasteiger partial charge in [-0.3, -0.25) is 4.98 Å². The summed E-state index contributed by atoms with van der Waals surface area (Å²) in [5, 5.41) is 3.49. The Morgan fingerprint density at radius 1 is 1.60 bits per heavy atom. The van der Waals surface area contributed by atoms with E-state index in [2.05, 4.69) is 23.3 Å². The van der Waals surface area contributed by atoms with Crippen LogP contribution in [0.1, 0.15) is 24.6 Å². The van der Waals surface area contributed by atoms with Gasteiger partial charge in [0.25, 0.3) is 0 Å². The third kappa shape index (κ3) is 2.76. The molecule has 1 aromatic rings. The molecular formula is C12H18N2O. The van der Waals surface area contributed by atoms with E-state index in [1.54, 1.807) is 0 Å². The fourth-order valence-electron chi connectivity index (χ4n) is 1.89. The molecule has 0 radical (unpaired) electrons. The first-order valence-electron chi connectivity index (χ1n) is 5.64. The SMILES string of the molecule is CCc1cccnc1CNC1CCOC1. The quantitative estimate of drug-likeness (QED) is 0.811. The summed E-state index contributed by atoms with van der Waals surface area (Å²) in [5.74, 6) is 0. The largest absolute Gasteiger partial charge is 0.380 e. The third-order valence-corrected chi connectivity index (χ3v) is 2.85. The zero-order valence-electron chi connectivity index (χ0n) is 9.20. The van der Waals surface area contributed by atoms with Crippen LogP contribution in [0.3, 0.4) is 0 Å². The van der Waals surface area contributed by atoms with E-state index in [1.165, 1.54) is 11.3 Å².